The van der Waals surface area contributed by atoms with Crippen LogP contribution in [-0.4, -0.2) is 6.18 Å². The van der Waals surface area contributed by atoms with Crippen LogP contribution in [0, 0.1) is 0 Å². The van der Waals surface area contributed by atoms with Crippen LogP contribution in [-0.2, 0) is 4.74 Å². The lowest BCUT2D eigenvalue weighted by atomic mass is 9.98. The molecule has 0 fully saturated rings. The molecule has 0 saturated carbocycles. The molecule has 0 radical (unpaired) electrons. The van der Waals surface area contributed by atoms with Gasteiger partial charge in [0, 0.05) is 12.0 Å². The van der Waals surface area contributed by atoms with Crippen LogP contribution in [0.15, 0.2) is 58.1 Å². The molecule has 0 aliphatic heterocycles. The van der Waals surface area contributed by atoms with Gasteiger partial charge in [-0.2, -0.15) is 13.2 Å². The summed E-state index contributed by atoms with van der Waals surface area (Å²) < 4.78 is 46.3. The lowest BCUT2D eigenvalue weighted by molar-refractivity contribution is -0.0884. The third-order valence-electron chi connectivity index (χ3n) is 4.50. The Hall–Kier alpha value is -1.71. The standard InChI is InChI=1S/C22H31F3O/c1-6-11-18(15-19(12-7-2)22(23,24)25)21(16(4)8-3)26-20-14-10-9-13-17(20)5/h6,11-12,15H,7-10,13-14H2,1-5H3/b11-6-,18-15+,19-12-,21-16?. The summed E-state index contributed by atoms with van der Waals surface area (Å²) in [5, 5.41) is 0. The van der Waals surface area contributed by atoms with Crippen molar-refractivity contribution in [3.05, 3.63) is 58.1 Å². The zero-order chi connectivity index (χ0) is 19.7. The first kappa shape index (κ1) is 22.3. The molecule has 4 heteroatoms. The molecule has 0 heterocycles. The average molecular weight is 368 g/mol. The van der Waals surface area contributed by atoms with Crippen molar-refractivity contribution in [1.29, 1.82) is 0 Å². The lowest BCUT2D eigenvalue weighted by Gasteiger charge is -2.22. The summed E-state index contributed by atoms with van der Waals surface area (Å²) in [7, 11) is 0. The van der Waals surface area contributed by atoms with Gasteiger partial charge >= 0.3 is 6.18 Å². The predicted octanol–water partition coefficient (Wildman–Crippen LogP) is 7.94. The zero-order valence-electron chi connectivity index (χ0n) is 16.6. The topological polar surface area (TPSA) is 9.23 Å². The maximum Gasteiger partial charge on any atom is 0.416 e. The quantitative estimate of drug-likeness (QED) is 0.327. The van der Waals surface area contributed by atoms with Crippen molar-refractivity contribution in [2.75, 3.05) is 0 Å². The van der Waals surface area contributed by atoms with Crippen molar-refractivity contribution in [1.82, 2.24) is 0 Å². The maximum absolute atomic E-state index is 13.4. The fraction of sp³-hybridized carbons (Fsp3) is 0.545. The third kappa shape index (κ3) is 6.54. The number of allylic oxidation sites excluding steroid dienone is 8. The van der Waals surface area contributed by atoms with Crippen molar-refractivity contribution < 1.29 is 17.9 Å². The average Bonchev–Trinajstić information content (AvgIpc) is 2.58. The number of hydrogen-bond acceptors (Lipinski definition) is 1. The number of rotatable bonds is 7. The molecule has 0 aromatic carbocycles. The van der Waals surface area contributed by atoms with Gasteiger partial charge in [-0.25, -0.2) is 0 Å². The smallest absolute Gasteiger partial charge is 0.416 e. The Balaban J connectivity index is 3.43. The molecule has 0 unspecified atom stereocenters. The molecule has 0 spiro atoms. The highest BCUT2D eigenvalue weighted by Gasteiger charge is 2.32. The second-order valence-corrected chi connectivity index (χ2v) is 6.64. The summed E-state index contributed by atoms with van der Waals surface area (Å²) >= 11 is 0. The minimum Gasteiger partial charge on any atom is -0.461 e. The summed E-state index contributed by atoms with van der Waals surface area (Å²) in [5.41, 5.74) is 1.97. The fourth-order valence-corrected chi connectivity index (χ4v) is 2.86. The molecular weight excluding hydrogens is 337 g/mol. The van der Waals surface area contributed by atoms with E-state index < -0.39 is 11.7 Å². The van der Waals surface area contributed by atoms with Crippen LogP contribution in [0.1, 0.15) is 73.1 Å². The molecule has 0 aromatic rings. The fourth-order valence-electron chi connectivity index (χ4n) is 2.86. The first-order chi connectivity index (χ1) is 12.2. The molecule has 0 aromatic heterocycles. The lowest BCUT2D eigenvalue weighted by Crippen LogP contribution is -2.11. The third-order valence-corrected chi connectivity index (χ3v) is 4.50. The normalized spacial score (nSPS) is 18.5. The highest BCUT2D eigenvalue weighted by Crippen LogP contribution is 2.34. The van der Waals surface area contributed by atoms with E-state index in [1.807, 2.05) is 20.8 Å². The Morgan fingerprint density at radius 1 is 1.15 bits per heavy atom. The van der Waals surface area contributed by atoms with Gasteiger partial charge in [-0.1, -0.05) is 32.1 Å². The molecular formula is C22H31F3O. The molecule has 0 saturated heterocycles. The molecule has 1 rings (SSSR count). The Morgan fingerprint density at radius 3 is 2.31 bits per heavy atom. The Morgan fingerprint density at radius 2 is 1.81 bits per heavy atom. The van der Waals surface area contributed by atoms with Gasteiger partial charge in [-0.05, 0) is 70.1 Å². The molecule has 0 bridgehead atoms. The second kappa shape index (κ2) is 10.4. The Labute approximate surface area is 156 Å². The van der Waals surface area contributed by atoms with Gasteiger partial charge in [0.25, 0.3) is 0 Å². The van der Waals surface area contributed by atoms with E-state index in [1.54, 1.807) is 26.0 Å². The van der Waals surface area contributed by atoms with Crippen molar-refractivity contribution in [2.45, 2.75) is 79.3 Å². The monoisotopic (exact) mass is 368 g/mol. The largest absolute Gasteiger partial charge is 0.461 e. The van der Waals surface area contributed by atoms with Gasteiger partial charge in [0.1, 0.15) is 11.5 Å². The van der Waals surface area contributed by atoms with E-state index in [9.17, 15) is 13.2 Å². The molecule has 146 valence electrons. The van der Waals surface area contributed by atoms with Gasteiger partial charge < -0.3 is 4.74 Å². The maximum atomic E-state index is 13.4. The highest BCUT2D eigenvalue weighted by molar-refractivity contribution is 5.45. The van der Waals surface area contributed by atoms with Crippen LogP contribution in [0.4, 0.5) is 13.2 Å². The predicted molar refractivity (Wildman–Crippen MR) is 103 cm³/mol. The van der Waals surface area contributed by atoms with E-state index in [0.29, 0.717) is 17.8 Å². The van der Waals surface area contributed by atoms with Gasteiger partial charge in [0.15, 0.2) is 0 Å². The van der Waals surface area contributed by atoms with E-state index >= 15 is 0 Å². The van der Waals surface area contributed by atoms with Crippen LogP contribution >= 0.6 is 0 Å². The molecule has 26 heavy (non-hydrogen) atoms. The highest BCUT2D eigenvalue weighted by atomic mass is 19.4. The van der Waals surface area contributed by atoms with Gasteiger partial charge in [0.2, 0.25) is 0 Å². The molecule has 1 nitrogen and oxygen atoms in total. The first-order valence-electron chi connectivity index (χ1n) is 9.42. The summed E-state index contributed by atoms with van der Waals surface area (Å²) in [4.78, 5) is 0. The molecule has 0 N–H and O–H groups in total. The summed E-state index contributed by atoms with van der Waals surface area (Å²) in [6.45, 7) is 9.46. The van der Waals surface area contributed by atoms with Crippen molar-refractivity contribution in [3.8, 4) is 0 Å². The van der Waals surface area contributed by atoms with Crippen molar-refractivity contribution in [3.63, 3.8) is 0 Å². The minimum atomic E-state index is -4.38. The van der Waals surface area contributed by atoms with Crippen LogP contribution in [0.3, 0.4) is 0 Å². The van der Waals surface area contributed by atoms with Gasteiger partial charge in [0.05, 0.1) is 5.57 Å². The van der Waals surface area contributed by atoms with E-state index in [0.717, 1.165) is 43.4 Å². The number of alkyl halides is 3. The van der Waals surface area contributed by atoms with E-state index in [-0.39, 0.29) is 0 Å². The first-order valence-corrected chi connectivity index (χ1v) is 9.42. The van der Waals surface area contributed by atoms with E-state index in [1.165, 1.54) is 17.7 Å². The summed E-state index contributed by atoms with van der Waals surface area (Å²) in [5.74, 6) is 1.45. The second-order valence-electron chi connectivity index (χ2n) is 6.64. The van der Waals surface area contributed by atoms with Gasteiger partial charge in [-0.15, -0.1) is 0 Å². The number of ether oxygens (including phenoxy) is 1. The van der Waals surface area contributed by atoms with Crippen LogP contribution in [0.2, 0.25) is 0 Å². The zero-order valence-corrected chi connectivity index (χ0v) is 16.6. The van der Waals surface area contributed by atoms with Gasteiger partial charge in [-0.3, -0.25) is 0 Å². The molecule has 1 aliphatic rings. The minimum absolute atomic E-state index is 0.325. The van der Waals surface area contributed by atoms with Crippen LogP contribution in [0.25, 0.3) is 0 Å². The number of halogens is 3. The van der Waals surface area contributed by atoms with Crippen molar-refractivity contribution >= 4 is 0 Å². The SMILES string of the molecule is C\C=C/C(=C\C(=C\CC)C(F)(F)F)C(OC1=C(C)CCCC1)=C(C)CC. The molecule has 1 aliphatic carbocycles. The van der Waals surface area contributed by atoms with Crippen LogP contribution < -0.4 is 0 Å². The summed E-state index contributed by atoms with van der Waals surface area (Å²) in [6, 6.07) is 0. The van der Waals surface area contributed by atoms with E-state index in [2.05, 4.69) is 0 Å². The summed E-state index contributed by atoms with van der Waals surface area (Å²) in [6.07, 6.45) is 6.55. The van der Waals surface area contributed by atoms with Crippen LogP contribution in [0.5, 0.6) is 0 Å². The van der Waals surface area contributed by atoms with E-state index in [4.69, 9.17) is 4.74 Å². The Bertz CT molecular complexity index is 628. The molecule has 0 amide bonds. The number of hydrogen-bond donors (Lipinski definition) is 0. The van der Waals surface area contributed by atoms with Crippen molar-refractivity contribution in [2.24, 2.45) is 0 Å². The molecule has 0 atom stereocenters. The Kier molecular flexibility index (Phi) is 8.97.